The molecule has 29 heavy (non-hydrogen) atoms. The SMILES string of the molecule is C=C(C)C1=C2CC(C)(C)C3CCc4cc(CCCC)c(CC)nc4C(=C23)NC1=C. The van der Waals surface area contributed by atoms with Gasteiger partial charge in [-0.3, -0.25) is 4.98 Å². The van der Waals surface area contributed by atoms with Crippen LogP contribution in [0.15, 0.2) is 47.2 Å². The van der Waals surface area contributed by atoms with E-state index in [4.69, 9.17) is 4.98 Å². The Balaban J connectivity index is 1.95. The zero-order valence-corrected chi connectivity index (χ0v) is 19.0. The van der Waals surface area contributed by atoms with Gasteiger partial charge in [-0.15, -0.1) is 0 Å². The zero-order valence-electron chi connectivity index (χ0n) is 19.0. The number of hydrogen-bond acceptors (Lipinski definition) is 2. The average molecular weight is 389 g/mol. The highest BCUT2D eigenvalue weighted by Crippen LogP contribution is 2.57. The monoisotopic (exact) mass is 388 g/mol. The van der Waals surface area contributed by atoms with Crippen LogP contribution in [0.25, 0.3) is 5.70 Å². The van der Waals surface area contributed by atoms with Gasteiger partial charge in [-0.1, -0.05) is 53.3 Å². The van der Waals surface area contributed by atoms with E-state index in [0.29, 0.717) is 5.92 Å². The second-order valence-electron chi connectivity index (χ2n) is 9.84. The van der Waals surface area contributed by atoms with E-state index in [9.17, 15) is 0 Å². The summed E-state index contributed by atoms with van der Waals surface area (Å²) in [5.41, 5.74) is 13.1. The second kappa shape index (κ2) is 7.31. The van der Waals surface area contributed by atoms with Crippen LogP contribution in [0.3, 0.4) is 0 Å². The van der Waals surface area contributed by atoms with Crippen LogP contribution < -0.4 is 5.32 Å². The van der Waals surface area contributed by atoms with Gasteiger partial charge in [-0.05, 0) is 84.6 Å². The maximum absolute atomic E-state index is 5.27. The minimum absolute atomic E-state index is 0.254. The number of aryl methyl sites for hydroxylation is 3. The molecule has 0 bridgehead atoms. The molecule has 1 aromatic heterocycles. The first-order valence-corrected chi connectivity index (χ1v) is 11.4. The van der Waals surface area contributed by atoms with E-state index in [0.717, 1.165) is 37.0 Å². The van der Waals surface area contributed by atoms with E-state index in [-0.39, 0.29) is 5.41 Å². The van der Waals surface area contributed by atoms with Gasteiger partial charge >= 0.3 is 0 Å². The molecule has 1 aliphatic heterocycles. The van der Waals surface area contributed by atoms with Crippen molar-refractivity contribution in [1.82, 2.24) is 10.3 Å². The summed E-state index contributed by atoms with van der Waals surface area (Å²) in [5, 5.41) is 3.70. The summed E-state index contributed by atoms with van der Waals surface area (Å²) in [6.45, 7) is 20.1. The topological polar surface area (TPSA) is 24.9 Å². The molecule has 0 saturated heterocycles. The standard InChI is InChI=1S/C27H36N2/c1-8-10-11-18-14-19-12-13-21-24-20(15-27(21,6)7)23(16(3)4)17(5)28-26(24)25(19)29-22(18)9-2/h14,21,28H,3,5,8-13,15H2,1-2,4,6-7H3. The summed E-state index contributed by atoms with van der Waals surface area (Å²) in [6, 6.07) is 2.47. The number of nitrogens with one attached hydrogen (secondary N) is 1. The lowest BCUT2D eigenvalue weighted by Gasteiger charge is -2.29. The van der Waals surface area contributed by atoms with Crippen molar-refractivity contribution in [3.8, 4) is 0 Å². The van der Waals surface area contributed by atoms with Gasteiger partial charge < -0.3 is 5.32 Å². The number of aromatic nitrogens is 1. The Hall–Kier alpha value is -2.09. The van der Waals surface area contributed by atoms with Crippen molar-refractivity contribution in [2.45, 2.75) is 79.6 Å². The summed E-state index contributed by atoms with van der Waals surface area (Å²) >= 11 is 0. The Morgan fingerprint density at radius 3 is 2.72 bits per heavy atom. The fourth-order valence-corrected chi connectivity index (χ4v) is 5.76. The van der Waals surface area contributed by atoms with Crippen molar-refractivity contribution in [2.75, 3.05) is 0 Å². The molecule has 2 heterocycles. The fourth-order valence-electron chi connectivity index (χ4n) is 5.76. The van der Waals surface area contributed by atoms with Gasteiger partial charge in [0.2, 0.25) is 0 Å². The molecule has 2 nitrogen and oxygen atoms in total. The third-order valence-electron chi connectivity index (χ3n) is 7.17. The van der Waals surface area contributed by atoms with Crippen molar-refractivity contribution in [3.63, 3.8) is 0 Å². The summed E-state index contributed by atoms with van der Waals surface area (Å²) in [5.74, 6) is 0.556. The first kappa shape index (κ1) is 20.2. The Morgan fingerprint density at radius 1 is 1.31 bits per heavy atom. The van der Waals surface area contributed by atoms with Crippen LogP contribution >= 0.6 is 0 Å². The first-order valence-electron chi connectivity index (χ1n) is 11.4. The molecule has 0 aromatic carbocycles. The Kier molecular flexibility index (Phi) is 5.09. The number of allylic oxidation sites excluding steroid dienone is 3. The molecule has 154 valence electrons. The van der Waals surface area contributed by atoms with Crippen molar-refractivity contribution < 1.29 is 0 Å². The van der Waals surface area contributed by atoms with Crippen LogP contribution in [-0.2, 0) is 19.3 Å². The van der Waals surface area contributed by atoms with Gasteiger partial charge in [0.25, 0.3) is 0 Å². The van der Waals surface area contributed by atoms with Gasteiger partial charge in [-0.2, -0.15) is 0 Å². The van der Waals surface area contributed by atoms with Gasteiger partial charge in [0.1, 0.15) is 0 Å². The molecule has 4 rings (SSSR count). The molecule has 0 amide bonds. The summed E-state index contributed by atoms with van der Waals surface area (Å²) < 4.78 is 0. The van der Waals surface area contributed by atoms with Crippen LogP contribution in [0, 0.1) is 11.3 Å². The number of dihydropyridines is 1. The number of pyridine rings is 1. The first-order chi connectivity index (χ1) is 13.8. The molecule has 1 atom stereocenters. The third-order valence-corrected chi connectivity index (χ3v) is 7.17. The summed E-state index contributed by atoms with van der Waals surface area (Å²) in [6.07, 6.45) is 8.00. The van der Waals surface area contributed by atoms with E-state index >= 15 is 0 Å². The fraction of sp³-hybridized carbons (Fsp3) is 0.519. The van der Waals surface area contributed by atoms with Gasteiger partial charge in [0.15, 0.2) is 0 Å². The molecular formula is C27H36N2. The summed E-state index contributed by atoms with van der Waals surface area (Å²) in [7, 11) is 0. The van der Waals surface area contributed by atoms with Gasteiger partial charge in [0.05, 0.1) is 11.4 Å². The van der Waals surface area contributed by atoms with E-state index in [1.807, 2.05) is 0 Å². The molecule has 3 aliphatic rings. The number of fused-ring (bicyclic) bond motifs is 2. The molecular weight excluding hydrogens is 352 g/mol. The molecule has 1 unspecified atom stereocenters. The van der Waals surface area contributed by atoms with Crippen molar-refractivity contribution >= 4 is 5.70 Å². The highest BCUT2D eigenvalue weighted by Gasteiger charge is 2.47. The largest absolute Gasteiger partial charge is 0.353 e. The van der Waals surface area contributed by atoms with E-state index in [2.05, 4.69) is 59.2 Å². The Bertz CT molecular complexity index is 955. The number of nitrogens with zero attached hydrogens (tertiary/aromatic N) is 1. The molecule has 0 spiro atoms. The van der Waals surface area contributed by atoms with Crippen LogP contribution in [-0.4, -0.2) is 4.98 Å². The second-order valence-corrected chi connectivity index (χ2v) is 9.84. The van der Waals surface area contributed by atoms with Crippen molar-refractivity contribution in [3.05, 3.63) is 69.7 Å². The highest BCUT2D eigenvalue weighted by atomic mass is 15.0. The van der Waals surface area contributed by atoms with Crippen LogP contribution in [0.4, 0.5) is 0 Å². The van der Waals surface area contributed by atoms with Crippen molar-refractivity contribution in [2.24, 2.45) is 11.3 Å². The van der Waals surface area contributed by atoms with Gasteiger partial charge in [0, 0.05) is 17.0 Å². The number of unbranched alkanes of at least 4 members (excludes halogenated alkanes) is 1. The van der Waals surface area contributed by atoms with Crippen molar-refractivity contribution in [1.29, 1.82) is 0 Å². The molecule has 1 N–H and O–H groups in total. The van der Waals surface area contributed by atoms with E-state index in [1.165, 1.54) is 64.2 Å². The molecule has 0 radical (unpaired) electrons. The van der Waals surface area contributed by atoms with Gasteiger partial charge in [-0.25, -0.2) is 0 Å². The molecule has 1 fully saturated rings. The maximum Gasteiger partial charge on any atom is 0.0902 e. The molecule has 1 saturated carbocycles. The Morgan fingerprint density at radius 2 is 2.07 bits per heavy atom. The predicted molar refractivity (Wildman–Crippen MR) is 123 cm³/mol. The number of hydrogen-bond donors (Lipinski definition) is 1. The van der Waals surface area contributed by atoms with Crippen LogP contribution in [0.5, 0.6) is 0 Å². The quantitative estimate of drug-likeness (QED) is 0.608. The molecule has 1 aromatic rings. The van der Waals surface area contributed by atoms with Crippen LogP contribution in [0.1, 0.15) is 82.8 Å². The lowest BCUT2D eigenvalue weighted by atomic mass is 9.78. The molecule has 2 aliphatic carbocycles. The van der Waals surface area contributed by atoms with E-state index < -0.39 is 0 Å². The Labute approximate surface area is 176 Å². The normalized spacial score (nSPS) is 22.2. The predicted octanol–water partition coefficient (Wildman–Crippen LogP) is 6.68. The minimum Gasteiger partial charge on any atom is -0.353 e. The number of rotatable bonds is 5. The summed E-state index contributed by atoms with van der Waals surface area (Å²) in [4.78, 5) is 5.27. The lowest BCUT2D eigenvalue weighted by Crippen LogP contribution is -2.24. The highest BCUT2D eigenvalue weighted by molar-refractivity contribution is 5.80. The van der Waals surface area contributed by atoms with E-state index in [1.54, 1.807) is 0 Å². The zero-order chi connectivity index (χ0) is 20.9. The minimum atomic E-state index is 0.254. The molecule has 2 heteroatoms. The lowest BCUT2D eigenvalue weighted by molar-refractivity contribution is 0.273. The maximum atomic E-state index is 5.27. The van der Waals surface area contributed by atoms with Crippen LogP contribution in [0.2, 0.25) is 0 Å². The average Bonchev–Trinajstić information content (AvgIpc) is 2.81. The third kappa shape index (κ3) is 3.21. The smallest absolute Gasteiger partial charge is 0.0902 e.